The van der Waals surface area contributed by atoms with Crippen molar-refractivity contribution >= 4 is 5.96 Å². The van der Waals surface area contributed by atoms with Crippen LogP contribution in [0.3, 0.4) is 0 Å². The van der Waals surface area contributed by atoms with Gasteiger partial charge < -0.3 is 20.5 Å². The number of hydrogen-bond acceptors (Lipinski definition) is 4. The molecule has 0 aromatic heterocycles. The average molecular weight is 419 g/mol. The third-order valence-corrected chi connectivity index (χ3v) is 6.58. The first-order valence-corrected chi connectivity index (χ1v) is 11.6. The van der Waals surface area contributed by atoms with E-state index >= 15 is 0 Å². The molecule has 30 heavy (non-hydrogen) atoms. The first-order valence-electron chi connectivity index (χ1n) is 11.6. The van der Waals surface area contributed by atoms with Gasteiger partial charge in [-0.1, -0.05) is 26.0 Å². The summed E-state index contributed by atoms with van der Waals surface area (Å²) in [5, 5.41) is 16.5. The van der Waals surface area contributed by atoms with Crippen molar-refractivity contribution < 1.29 is 9.84 Å². The number of guanidine groups is 1. The van der Waals surface area contributed by atoms with Crippen LogP contribution in [0, 0.1) is 5.41 Å². The Kier molecular flexibility index (Phi) is 10.4. The molecule has 2 rings (SSSR count). The number of benzene rings is 1. The van der Waals surface area contributed by atoms with Gasteiger partial charge in [-0.05, 0) is 75.2 Å². The zero-order valence-corrected chi connectivity index (χ0v) is 19.4. The van der Waals surface area contributed by atoms with Gasteiger partial charge in [0, 0.05) is 26.2 Å². The SMILES string of the molecule is CCNC(=NCC(CC)(CC)CCO)NCC(c1cccc(OC)c1)N1CCCC1. The molecule has 0 saturated carbocycles. The summed E-state index contributed by atoms with van der Waals surface area (Å²) in [4.78, 5) is 7.47. The first-order chi connectivity index (χ1) is 14.6. The van der Waals surface area contributed by atoms with E-state index in [9.17, 15) is 5.11 Å². The Labute approximate surface area is 183 Å². The van der Waals surface area contributed by atoms with E-state index in [1.54, 1.807) is 7.11 Å². The van der Waals surface area contributed by atoms with Crippen LogP contribution in [0.4, 0.5) is 0 Å². The van der Waals surface area contributed by atoms with E-state index in [4.69, 9.17) is 9.73 Å². The fourth-order valence-electron chi connectivity index (χ4n) is 4.29. The molecule has 3 N–H and O–H groups in total. The summed E-state index contributed by atoms with van der Waals surface area (Å²) < 4.78 is 5.46. The molecule has 0 bridgehead atoms. The number of aliphatic imine (C=N–C) groups is 1. The maximum Gasteiger partial charge on any atom is 0.191 e. The van der Waals surface area contributed by atoms with Crippen LogP contribution in [0.2, 0.25) is 0 Å². The monoisotopic (exact) mass is 418 g/mol. The van der Waals surface area contributed by atoms with Gasteiger partial charge in [0.15, 0.2) is 5.96 Å². The summed E-state index contributed by atoms with van der Waals surface area (Å²) >= 11 is 0. The molecule has 0 amide bonds. The van der Waals surface area contributed by atoms with E-state index in [0.717, 1.165) is 63.7 Å². The van der Waals surface area contributed by atoms with Crippen LogP contribution in [0.15, 0.2) is 29.3 Å². The highest BCUT2D eigenvalue weighted by Gasteiger charge is 2.26. The van der Waals surface area contributed by atoms with Gasteiger partial charge in [0.1, 0.15) is 5.75 Å². The molecular formula is C24H42N4O2. The van der Waals surface area contributed by atoms with E-state index < -0.39 is 0 Å². The highest BCUT2D eigenvalue weighted by molar-refractivity contribution is 5.79. The molecule has 1 fully saturated rings. The van der Waals surface area contributed by atoms with E-state index in [-0.39, 0.29) is 18.1 Å². The lowest BCUT2D eigenvalue weighted by Crippen LogP contribution is -2.43. The standard InChI is InChI=1S/C24H42N4O2/c1-5-24(6-2,13-16-29)19-27-23(25-7-3)26-18-22(28-14-8-9-15-28)20-11-10-12-21(17-20)30-4/h10-12,17,22,29H,5-9,13-16,18-19H2,1-4H3,(H2,25,26,27). The van der Waals surface area contributed by atoms with Crippen molar-refractivity contribution in [3.8, 4) is 5.75 Å². The van der Waals surface area contributed by atoms with Gasteiger partial charge in [-0.15, -0.1) is 0 Å². The van der Waals surface area contributed by atoms with E-state index in [1.165, 1.54) is 18.4 Å². The second-order valence-electron chi connectivity index (χ2n) is 8.29. The van der Waals surface area contributed by atoms with Crippen molar-refractivity contribution in [2.45, 2.75) is 58.9 Å². The second-order valence-corrected chi connectivity index (χ2v) is 8.29. The fourth-order valence-corrected chi connectivity index (χ4v) is 4.29. The molecule has 1 saturated heterocycles. The molecule has 1 aromatic carbocycles. The Morgan fingerprint density at radius 2 is 1.93 bits per heavy atom. The van der Waals surface area contributed by atoms with Crippen molar-refractivity contribution in [1.29, 1.82) is 0 Å². The molecule has 1 heterocycles. The summed E-state index contributed by atoms with van der Waals surface area (Å²) in [5.74, 6) is 1.76. The van der Waals surface area contributed by atoms with Crippen LogP contribution >= 0.6 is 0 Å². The third-order valence-electron chi connectivity index (χ3n) is 6.58. The van der Waals surface area contributed by atoms with Crippen molar-refractivity contribution in [1.82, 2.24) is 15.5 Å². The minimum absolute atomic E-state index is 0.0677. The summed E-state index contributed by atoms with van der Waals surface area (Å²) in [6, 6.07) is 8.69. The minimum atomic E-state index is 0.0677. The van der Waals surface area contributed by atoms with Crippen molar-refractivity contribution in [3.05, 3.63) is 29.8 Å². The van der Waals surface area contributed by atoms with Gasteiger partial charge in [-0.2, -0.15) is 0 Å². The first kappa shape index (κ1) is 24.5. The molecule has 0 spiro atoms. The number of nitrogens with one attached hydrogen (secondary N) is 2. The van der Waals surface area contributed by atoms with Crippen LogP contribution in [-0.4, -0.2) is 62.4 Å². The Bertz CT molecular complexity index is 640. The highest BCUT2D eigenvalue weighted by atomic mass is 16.5. The molecular weight excluding hydrogens is 376 g/mol. The summed E-state index contributed by atoms with van der Waals surface area (Å²) in [6.07, 6.45) is 5.35. The third kappa shape index (κ3) is 6.88. The molecule has 170 valence electrons. The van der Waals surface area contributed by atoms with Gasteiger partial charge in [-0.3, -0.25) is 9.89 Å². The molecule has 0 aliphatic carbocycles. The number of aliphatic hydroxyl groups excluding tert-OH is 1. The average Bonchev–Trinajstić information content (AvgIpc) is 3.31. The van der Waals surface area contributed by atoms with Crippen molar-refractivity contribution in [2.75, 3.05) is 46.4 Å². The number of rotatable bonds is 12. The molecule has 6 nitrogen and oxygen atoms in total. The predicted octanol–water partition coefficient (Wildman–Crippen LogP) is 3.58. The van der Waals surface area contributed by atoms with Gasteiger partial charge in [-0.25, -0.2) is 0 Å². The van der Waals surface area contributed by atoms with E-state index in [2.05, 4.69) is 54.5 Å². The van der Waals surface area contributed by atoms with Gasteiger partial charge in [0.05, 0.1) is 13.2 Å². The number of likely N-dealkylation sites (tertiary alicyclic amines) is 1. The van der Waals surface area contributed by atoms with Crippen LogP contribution in [0.25, 0.3) is 0 Å². The van der Waals surface area contributed by atoms with Crippen molar-refractivity contribution in [2.24, 2.45) is 10.4 Å². The Morgan fingerprint density at radius 1 is 1.20 bits per heavy atom. The number of nitrogens with zero attached hydrogens (tertiary/aromatic N) is 2. The van der Waals surface area contributed by atoms with Crippen LogP contribution in [0.5, 0.6) is 5.75 Å². The smallest absolute Gasteiger partial charge is 0.191 e. The Hall–Kier alpha value is -1.79. The number of methoxy groups -OCH3 is 1. The number of aliphatic hydroxyl groups is 1. The molecule has 1 atom stereocenters. The van der Waals surface area contributed by atoms with Crippen molar-refractivity contribution in [3.63, 3.8) is 0 Å². The number of hydrogen-bond donors (Lipinski definition) is 3. The number of ether oxygens (including phenoxy) is 1. The van der Waals surface area contributed by atoms with E-state index in [1.807, 2.05) is 6.07 Å². The molecule has 1 unspecified atom stereocenters. The molecule has 6 heteroatoms. The molecule has 0 radical (unpaired) electrons. The summed E-state index contributed by atoms with van der Waals surface area (Å²) in [6.45, 7) is 11.3. The van der Waals surface area contributed by atoms with Crippen LogP contribution in [0.1, 0.15) is 64.5 Å². The maximum absolute atomic E-state index is 9.50. The van der Waals surface area contributed by atoms with Crippen LogP contribution < -0.4 is 15.4 Å². The van der Waals surface area contributed by atoms with Gasteiger partial charge >= 0.3 is 0 Å². The normalized spacial score (nSPS) is 16.5. The fraction of sp³-hybridized carbons (Fsp3) is 0.708. The molecule has 1 aromatic rings. The summed E-state index contributed by atoms with van der Waals surface area (Å²) in [5.41, 5.74) is 1.34. The van der Waals surface area contributed by atoms with Crippen LogP contribution in [-0.2, 0) is 0 Å². The molecule has 1 aliphatic heterocycles. The zero-order valence-electron chi connectivity index (χ0n) is 19.4. The lowest BCUT2D eigenvalue weighted by atomic mass is 9.79. The minimum Gasteiger partial charge on any atom is -0.497 e. The second kappa shape index (κ2) is 12.8. The molecule has 1 aliphatic rings. The highest BCUT2D eigenvalue weighted by Crippen LogP contribution is 2.31. The summed E-state index contributed by atoms with van der Waals surface area (Å²) in [7, 11) is 1.72. The predicted molar refractivity (Wildman–Crippen MR) is 125 cm³/mol. The Morgan fingerprint density at radius 3 is 2.53 bits per heavy atom. The lowest BCUT2D eigenvalue weighted by molar-refractivity contribution is 0.175. The van der Waals surface area contributed by atoms with E-state index in [0.29, 0.717) is 0 Å². The maximum atomic E-state index is 9.50. The van der Waals surface area contributed by atoms with Gasteiger partial charge in [0.2, 0.25) is 0 Å². The topological polar surface area (TPSA) is 69.1 Å². The lowest BCUT2D eigenvalue weighted by Gasteiger charge is -2.31. The Balaban J connectivity index is 2.14. The van der Waals surface area contributed by atoms with Gasteiger partial charge in [0.25, 0.3) is 0 Å². The largest absolute Gasteiger partial charge is 0.497 e. The zero-order chi connectivity index (χ0) is 21.8. The quantitative estimate of drug-likeness (QED) is 0.358.